The minimum absolute atomic E-state index is 0.0312. The molecule has 9 nitrogen and oxygen atoms in total. The molecule has 0 bridgehead atoms. The van der Waals surface area contributed by atoms with Crippen LogP contribution in [0.1, 0.15) is 54.8 Å². The zero-order valence-electron chi connectivity index (χ0n) is 16.9. The van der Waals surface area contributed by atoms with E-state index in [4.69, 9.17) is 4.74 Å². The molecule has 9 heteroatoms. The molecule has 0 saturated carbocycles. The molecule has 0 unspecified atom stereocenters. The first kappa shape index (κ1) is 22.1. The lowest BCUT2D eigenvalue weighted by atomic mass is 10.0. The first-order valence-corrected chi connectivity index (χ1v) is 9.43. The molecule has 0 spiro atoms. The predicted molar refractivity (Wildman–Crippen MR) is 103 cm³/mol. The molecule has 1 aromatic carbocycles. The highest BCUT2D eigenvalue weighted by Gasteiger charge is 2.44. The zero-order chi connectivity index (χ0) is 21.7. The van der Waals surface area contributed by atoms with Crippen LogP contribution in [0.5, 0.6) is 0 Å². The van der Waals surface area contributed by atoms with E-state index in [9.17, 15) is 24.0 Å². The van der Waals surface area contributed by atoms with Crippen molar-refractivity contribution in [2.75, 3.05) is 6.54 Å². The average Bonchev–Trinajstić information content (AvgIpc) is 2.90. The highest BCUT2D eigenvalue weighted by Crippen LogP contribution is 2.27. The third-order valence-electron chi connectivity index (χ3n) is 4.34. The molecule has 29 heavy (non-hydrogen) atoms. The molecule has 1 heterocycles. The number of esters is 1. The van der Waals surface area contributed by atoms with Crippen LogP contribution in [0.3, 0.4) is 0 Å². The minimum atomic E-state index is -1.28. The van der Waals surface area contributed by atoms with E-state index >= 15 is 0 Å². The van der Waals surface area contributed by atoms with Gasteiger partial charge < -0.3 is 10.1 Å². The number of carbonyl (C=O) groups is 5. The average molecular weight is 403 g/mol. The van der Waals surface area contributed by atoms with Gasteiger partial charge in [0, 0.05) is 6.54 Å². The zero-order valence-corrected chi connectivity index (χ0v) is 16.9. The van der Waals surface area contributed by atoms with E-state index in [0.717, 1.165) is 4.90 Å². The van der Waals surface area contributed by atoms with Gasteiger partial charge in [0.2, 0.25) is 0 Å². The van der Waals surface area contributed by atoms with Crippen molar-refractivity contribution in [3.8, 4) is 0 Å². The Kier molecular flexibility index (Phi) is 7.08. The molecule has 0 fully saturated rings. The van der Waals surface area contributed by atoms with E-state index in [0.29, 0.717) is 6.54 Å². The second kappa shape index (κ2) is 9.31. The maximum absolute atomic E-state index is 12.8. The van der Waals surface area contributed by atoms with Crippen molar-refractivity contribution < 1.29 is 28.7 Å². The van der Waals surface area contributed by atoms with E-state index in [1.165, 1.54) is 19.1 Å². The summed E-state index contributed by atoms with van der Waals surface area (Å²) in [6, 6.07) is 4.43. The fraction of sp³-hybridized carbons (Fsp3) is 0.450. The lowest BCUT2D eigenvalue weighted by Gasteiger charge is -2.27. The van der Waals surface area contributed by atoms with Crippen molar-refractivity contribution in [3.63, 3.8) is 0 Å². The minimum Gasteiger partial charge on any atom is -0.451 e. The normalized spacial score (nSPS) is 15.0. The van der Waals surface area contributed by atoms with E-state index in [1.54, 1.807) is 19.1 Å². The van der Waals surface area contributed by atoms with Gasteiger partial charge in [0.25, 0.3) is 17.7 Å². The number of nitrogens with one attached hydrogen (secondary N) is 2. The molecule has 0 aromatic heterocycles. The van der Waals surface area contributed by atoms with Crippen molar-refractivity contribution in [3.05, 3.63) is 35.4 Å². The summed E-state index contributed by atoms with van der Waals surface area (Å²) in [7, 11) is 0. The first-order valence-electron chi connectivity index (χ1n) is 9.43. The Balaban J connectivity index is 2.17. The largest absolute Gasteiger partial charge is 0.451 e. The monoisotopic (exact) mass is 403 g/mol. The predicted octanol–water partition coefficient (Wildman–Crippen LogP) is 1.47. The van der Waals surface area contributed by atoms with Gasteiger partial charge in [0.15, 0.2) is 6.10 Å². The molecule has 5 amide bonds. The van der Waals surface area contributed by atoms with Crippen LogP contribution in [0.15, 0.2) is 24.3 Å². The van der Waals surface area contributed by atoms with E-state index < -0.39 is 41.9 Å². The SMILES string of the molecule is CCNC(=O)NC(=O)[C@H](C)OC(=O)[C@@H](CC(C)C)N1C(=O)c2ccccc2C1=O. The van der Waals surface area contributed by atoms with Gasteiger partial charge in [-0.1, -0.05) is 26.0 Å². The van der Waals surface area contributed by atoms with Crippen LogP contribution in [0, 0.1) is 5.92 Å². The number of nitrogens with zero attached hydrogens (tertiary/aromatic N) is 1. The van der Waals surface area contributed by atoms with Crippen LogP contribution in [0.25, 0.3) is 0 Å². The number of rotatable bonds is 7. The summed E-state index contributed by atoms with van der Waals surface area (Å²) in [5.74, 6) is -2.88. The maximum Gasteiger partial charge on any atom is 0.330 e. The smallest absolute Gasteiger partial charge is 0.330 e. The quantitative estimate of drug-likeness (QED) is 0.525. The molecule has 2 rings (SSSR count). The van der Waals surface area contributed by atoms with Crippen LogP contribution in [0.4, 0.5) is 4.79 Å². The molecule has 2 N–H and O–H groups in total. The summed E-state index contributed by atoms with van der Waals surface area (Å²) in [4.78, 5) is 62.7. The molecular weight excluding hydrogens is 378 g/mol. The van der Waals surface area contributed by atoms with E-state index in [2.05, 4.69) is 10.6 Å². The van der Waals surface area contributed by atoms with Gasteiger partial charge >= 0.3 is 12.0 Å². The number of carbonyl (C=O) groups excluding carboxylic acids is 5. The molecule has 2 atom stereocenters. The maximum atomic E-state index is 12.8. The van der Waals surface area contributed by atoms with Crippen molar-refractivity contribution in [2.45, 2.75) is 46.3 Å². The van der Waals surface area contributed by atoms with Crippen LogP contribution >= 0.6 is 0 Å². The summed E-state index contributed by atoms with van der Waals surface area (Å²) in [5.41, 5.74) is 0.446. The number of hydrogen-bond acceptors (Lipinski definition) is 6. The summed E-state index contributed by atoms with van der Waals surface area (Å²) in [6.45, 7) is 6.99. The molecule has 0 radical (unpaired) electrons. The van der Waals surface area contributed by atoms with Crippen molar-refractivity contribution >= 4 is 29.7 Å². The van der Waals surface area contributed by atoms with Crippen molar-refractivity contribution in [2.24, 2.45) is 5.92 Å². The highest BCUT2D eigenvalue weighted by atomic mass is 16.5. The molecular formula is C20H25N3O6. The standard InChI is InChI=1S/C20H25N3O6/c1-5-21-20(28)22-16(24)12(4)29-19(27)15(10-11(2)3)23-17(25)13-8-6-7-9-14(13)18(23)26/h6-9,11-12,15H,5,10H2,1-4H3,(H2,21,22,24,28)/t12-,15+/m0/s1. The Labute approximate surface area is 168 Å². The summed E-state index contributed by atoms with van der Waals surface area (Å²) in [6.07, 6.45) is -1.11. The summed E-state index contributed by atoms with van der Waals surface area (Å²) >= 11 is 0. The van der Waals surface area contributed by atoms with Crippen molar-refractivity contribution in [1.82, 2.24) is 15.5 Å². The molecule has 0 saturated heterocycles. The molecule has 0 aliphatic carbocycles. The van der Waals surface area contributed by atoms with Gasteiger partial charge in [-0.2, -0.15) is 0 Å². The first-order chi connectivity index (χ1) is 13.7. The highest BCUT2D eigenvalue weighted by molar-refractivity contribution is 6.22. The fourth-order valence-corrected chi connectivity index (χ4v) is 2.97. The van der Waals surface area contributed by atoms with Gasteiger partial charge in [0.1, 0.15) is 6.04 Å². The fourth-order valence-electron chi connectivity index (χ4n) is 2.97. The second-order valence-electron chi connectivity index (χ2n) is 7.10. The van der Waals surface area contributed by atoms with Gasteiger partial charge in [-0.3, -0.25) is 24.6 Å². The summed E-state index contributed by atoms with van der Waals surface area (Å²) < 4.78 is 5.19. The van der Waals surface area contributed by atoms with Crippen LogP contribution < -0.4 is 10.6 Å². The number of hydrogen-bond donors (Lipinski definition) is 2. The van der Waals surface area contributed by atoms with Crippen molar-refractivity contribution in [1.29, 1.82) is 0 Å². The van der Waals surface area contributed by atoms with Crippen LogP contribution in [-0.4, -0.2) is 53.3 Å². The Bertz CT molecular complexity index is 800. The van der Waals surface area contributed by atoms with Crippen LogP contribution in [-0.2, 0) is 14.3 Å². The van der Waals surface area contributed by atoms with E-state index in [1.807, 2.05) is 13.8 Å². The Morgan fingerprint density at radius 3 is 2.07 bits per heavy atom. The van der Waals surface area contributed by atoms with Gasteiger partial charge in [0.05, 0.1) is 11.1 Å². The molecule has 1 aliphatic rings. The number of ether oxygens (including phenoxy) is 1. The Morgan fingerprint density at radius 2 is 1.59 bits per heavy atom. The summed E-state index contributed by atoms with van der Waals surface area (Å²) in [5, 5.41) is 4.44. The molecule has 1 aliphatic heterocycles. The topological polar surface area (TPSA) is 122 Å². The van der Waals surface area contributed by atoms with E-state index in [-0.39, 0.29) is 23.5 Å². The van der Waals surface area contributed by atoms with Gasteiger partial charge in [-0.25, -0.2) is 9.59 Å². The lowest BCUT2D eigenvalue weighted by Crippen LogP contribution is -2.49. The number of amides is 5. The molecule has 1 aromatic rings. The molecule has 156 valence electrons. The third kappa shape index (κ3) is 4.98. The Hall–Kier alpha value is -3.23. The lowest BCUT2D eigenvalue weighted by molar-refractivity contribution is -0.158. The second-order valence-corrected chi connectivity index (χ2v) is 7.10. The Morgan fingerprint density at radius 1 is 1.03 bits per heavy atom. The number of imide groups is 2. The van der Waals surface area contributed by atoms with Gasteiger partial charge in [-0.15, -0.1) is 0 Å². The van der Waals surface area contributed by atoms with Gasteiger partial charge in [-0.05, 0) is 38.3 Å². The number of urea groups is 1. The van der Waals surface area contributed by atoms with Crippen LogP contribution in [0.2, 0.25) is 0 Å². The number of benzene rings is 1. The number of fused-ring (bicyclic) bond motifs is 1. The third-order valence-corrected chi connectivity index (χ3v) is 4.34.